The van der Waals surface area contributed by atoms with Crippen LogP contribution in [0, 0.1) is 12.7 Å². The number of aromatic nitrogens is 4. The number of rotatable bonds is 11. The van der Waals surface area contributed by atoms with Crippen LogP contribution >= 0.6 is 0 Å². The molecule has 0 radical (unpaired) electrons. The number of piperidine rings is 1. The van der Waals surface area contributed by atoms with Crippen LogP contribution in [0.15, 0.2) is 35.1 Å². The van der Waals surface area contributed by atoms with Gasteiger partial charge in [0.15, 0.2) is 5.82 Å². The van der Waals surface area contributed by atoms with Crippen molar-refractivity contribution in [2.45, 2.75) is 91.0 Å². The Bertz CT molecular complexity index is 1540. The first-order valence-electron chi connectivity index (χ1n) is 16.7. The predicted octanol–water partition coefficient (Wildman–Crippen LogP) is 4.86. The minimum atomic E-state index is -0.678. The number of anilines is 2. The molecule has 1 aromatic carbocycles. The number of amides is 2. The highest BCUT2D eigenvalue weighted by molar-refractivity contribution is 5.94. The van der Waals surface area contributed by atoms with Crippen LogP contribution in [0.4, 0.5) is 21.1 Å². The summed E-state index contributed by atoms with van der Waals surface area (Å²) >= 11 is 0. The monoisotopic (exact) mass is 666 g/mol. The van der Waals surface area contributed by atoms with E-state index in [1.165, 1.54) is 6.07 Å². The normalized spacial score (nSPS) is 18.6. The second-order valence-electron chi connectivity index (χ2n) is 13.4. The third kappa shape index (κ3) is 8.57. The molecule has 2 aliphatic heterocycles. The van der Waals surface area contributed by atoms with Crippen molar-refractivity contribution in [3.05, 3.63) is 58.9 Å². The van der Waals surface area contributed by atoms with E-state index in [2.05, 4.69) is 25.4 Å². The zero-order valence-corrected chi connectivity index (χ0v) is 28.7. The number of carbonyl (C=O) groups is 2. The maximum atomic E-state index is 15.0. The second kappa shape index (κ2) is 15.3. The molecule has 0 spiro atoms. The smallest absolute Gasteiger partial charge is 0.407 e. The van der Waals surface area contributed by atoms with Crippen LogP contribution in [0.3, 0.4) is 0 Å². The summed E-state index contributed by atoms with van der Waals surface area (Å²) in [6, 6.07) is 5.04. The van der Waals surface area contributed by atoms with Gasteiger partial charge in [-0.15, -0.1) is 0 Å². The van der Waals surface area contributed by atoms with Gasteiger partial charge in [-0.3, -0.25) is 4.79 Å². The van der Waals surface area contributed by atoms with Crippen LogP contribution in [0.1, 0.15) is 87.1 Å². The molecule has 14 heteroatoms. The van der Waals surface area contributed by atoms with Gasteiger partial charge in [0.2, 0.25) is 5.95 Å². The lowest BCUT2D eigenvalue weighted by atomic mass is 9.92. The lowest BCUT2D eigenvalue weighted by molar-refractivity contribution is 0.0504. The van der Waals surface area contributed by atoms with Crippen molar-refractivity contribution in [2.75, 3.05) is 49.1 Å². The third-order valence-corrected chi connectivity index (χ3v) is 8.56. The molecular weight excluding hydrogens is 619 g/mol. The average molecular weight is 667 g/mol. The van der Waals surface area contributed by atoms with Crippen molar-refractivity contribution in [2.24, 2.45) is 0 Å². The standard InChI is InChI=1S/C34H47FN8O5/c1-7-15-46-21-29-39-32(48-40-29)41-13-11-24(12-14-41)43(8-2)30(44)23-17-36-31(37-18-23)42-19-26(25-16-22(3)9-10-27(25)35)28(20-42)38-33(45)47-34(4,5)6/h9-10,16-18,24,26,28H,7-8,11-15,19-21H2,1-6H3,(H,38,45). The molecule has 2 fully saturated rings. The van der Waals surface area contributed by atoms with Crippen LogP contribution in [0.5, 0.6) is 0 Å². The van der Waals surface area contributed by atoms with Crippen LogP contribution in [0.2, 0.25) is 0 Å². The summed E-state index contributed by atoms with van der Waals surface area (Å²) in [4.78, 5) is 45.7. The minimum Gasteiger partial charge on any atom is -0.444 e. The number of ether oxygens (including phenoxy) is 2. The first-order valence-corrected chi connectivity index (χ1v) is 16.7. The molecule has 0 aliphatic carbocycles. The van der Waals surface area contributed by atoms with Crippen LogP contribution < -0.4 is 15.1 Å². The quantitative estimate of drug-likeness (QED) is 0.281. The van der Waals surface area contributed by atoms with Crippen molar-refractivity contribution in [1.82, 2.24) is 30.3 Å². The Morgan fingerprint density at radius 3 is 2.50 bits per heavy atom. The van der Waals surface area contributed by atoms with Crippen LogP contribution in [-0.2, 0) is 16.1 Å². The number of hydrogen-bond acceptors (Lipinski definition) is 11. The molecule has 2 aliphatic rings. The maximum Gasteiger partial charge on any atom is 0.407 e. The topological polar surface area (TPSA) is 139 Å². The number of halogens is 1. The van der Waals surface area contributed by atoms with Crippen LogP contribution in [-0.4, -0.2) is 94.0 Å². The number of hydrogen-bond donors (Lipinski definition) is 1. The predicted molar refractivity (Wildman–Crippen MR) is 177 cm³/mol. The van der Waals surface area contributed by atoms with Gasteiger partial charge in [-0.2, -0.15) is 4.98 Å². The molecule has 2 saturated heterocycles. The van der Waals surface area contributed by atoms with E-state index < -0.39 is 17.7 Å². The van der Waals surface area contributed by atoms with Gasteiger partial charge in [-0.1, -0.05) is 29.8 Å². The molecule has 48 heavy (non-hydrogen) atoms. The molecule has 13 nitrogen and oxygen atoms in total. The minimum absolute atomic E-state index is 0.0389. The summed E-state index contributed by atoms with van der Waals surface area (Å²) in [6.45, 7) is 14.9. The van der Waals surface area contributed by atoms with Crippen molar-refractivity contribution in [3.63, 3.8) is 0 Å². The Labute approximate surface area is 281 Å². The highest BCUT2D eigenvalue weighted by Crippen LogP contribution is 2.32. The SMILES string of the molecule is CCCOCc1noc(N2CCC(N(CC)C(=O)c3cnc(N4CC(NC(=O)OC(C)(C)C)C(c5cc(C)ccc5F)C4)nc3)CC2)n1. The Morgan fingerprint density at radius 2 is 1.83 bits per heavy atom. The lowest BCUT2D eigenvalue weighted by Gasteiger charge is -2.37. The number of alkyl carbamates (subject to hydrolysis) is 1. The van der Waals surface area contributed by atoms with E-state index in [9.17, 15) is 9.59 Å². The largest absolute Gasteiger partial charge is 0.444 e. The molecule has 260 valence electrons. The highest BCUT2D eigenvalue weighted by atomic mass is 19.1. The van der Waals surface area contributed by atoms with Gasteiger partial charge in [0.25, 0.3) is 5.91 Å². The zero-order chi connectivity index (χ0) is 34.4. The van der Waals surface area contributed by atoms with Gasteiger partial charge in [-0.05, 0) is 65.5 Å². The van der Waals surface area contributed by atoms with Gasteiger partial charge in [0.05, 0.1) is 11.6 Å². The third-order valence-electron chi connectivity index (χ3n) is 8.56. The van der Waals surface area contributed by atoms with Gasteiger partial charge in [0.1, 0.15) is 18.0 Å². The summed E-state index contributed by atoms with van der Waals surface area (Å²) in [5, 5.41) is 6.95. The fourth-order valence-electron chi connectivity index (χ4n) is 6.27. The number of benzene rings is 1. The van der Waals surface area contributed by atoms with E-state index in [4.69, 9.17) is 14.0 Å². The van der Waals surface area contributed by atoms with Crippen LogP contribution in [0.25, 0.3) is 0 Å². The average Bonchev–Trinajstić information content (AvgIpc) is 3.70. The first kappa shape index (κ1) is 35.0. The Kier molecular flexibility index (Phi) is 11.1. The number of carbonyl (C=O) groups excluding carboxylic acids is 2. The van der Waals surface area contributed by atoms with Gasteiger partial charge < -0.3 is 34.0 Å². The van der Waals surface area contributed by atoms with E-state index in [-0.39, 0.29) is 23.7 Å². The maximum absolute atomic E-state index is 15.0. The number of nitrogens with zero attached hydrogens (tertiary/aromatic N) is 7. The molecule has 2 amide bonds. The molecular formula is C34H47FN8O5. The van der Waals surface area contributed by atoms with Gasteiger partial charge in [-0.25, -0.2) is 19.2 Å². The van der Waals surface area contributed by atoms with Crippen molar-refractivity contribution >= 4 is 24.0 Å². The summed E-state index contributed by atoms with van der Waals surface area (Å²) in [6.07, 6.45) is 4.93. The molecule has 0 bridgehead atoms. The zero-order valence-electron chi connectivity index (χ0n) is 28.7. The number of aryl methyl sites for hydroxylation is 1. The summed E-state index contributed by atoms with van der Waals surface area (Å²) in [5.41, 5.74) is 1.14. The number of nitrogens with one attached hydrogen (secondary N) is 1. The second-order valence-corrected chi connectivity index (χ2v) is 13.4. The summed E-state index contributed by atoms with van der Waals surface area (Å²) in [5.74, 6) is 0.0808. The highest BCUT2D eigenvalue weighted by Gasteiger charge is 2.38. The molecule has 2 unspecified atom stereocenters. The molecule has 1 N–H and O–H groups in total. The van der Waals surface area contributed by atoms with E-state index in [1.54, 1.807) is 39.2 Å². The van der Waals surface area contributed by atoms with E-state index in [1.807, 2.05) is 41.5 Å². The molecule has 3 aromatic rings. The Morgan fingerprint density at radius 1 is 1.10 bits per heavy atom. The van der Waals surface area contributed by atoms with E-state index in [0.717, 1.165) is 24.8 Å². The molecule has 5 rings (SSSR count). The fourth-order valence-corrected chi connectivity index (χ4v) is 6.27. The van der Waals surface area contributed by atoms with E-state index >= 15 is 4.39 Å². The van der Waals surface area contributed by atoms with E-state index in [0.29, 0.717) is 74.9 Å². The summed E-state index contributed by atoms with van der Waals surface area (Å²) in [7, 11) is 0. The lowest BCUT2D eigenvalue weighted by Crippen LogP contribution is -2.47. The molecule has 4 heterocycles. The Balaban J connectivity index is 1.23. The van der Waals surface area contributed by atoms with Crippen molar-refractivity contribution in [3.8, 4) is 0 Å². The summed E-state index contributed by atoms with van der Waals surface area (Å²) < 4.78 is 31.5. The van der Waals surface area contributed by atoms with Gasteiger partial charge >= 0.3 is 12.1 Å². The van der Waals surface area contributed by atoms with Crippen molar-refractivity contribution < 1.29 is 28.0 Å². The molecule has 0 saturated carbocycles. The fraction of sp³-hybridized carbons (Fsp3) is 0.588. The molecule has 2 aromatic heterocycles. The first-order chi connectivity index (χ1) is 23.0. The Hall–Kier alpha value is -4.33. The van der Waals surface area contributed by atoms with Crippen molar-refractivity contribution in [1.29, 1.82) is 0 Å². The molecule has 2 atom stereocenters. The van der Waals surface area contributed by atoms with Gasteiger partial charge in [0, 0.05) is 63.7 Å².